The van der Waals surface area contributed by atoms with Crippen molar-refractivity contribution in [1.82, 2.24) is 10.6 Å². The molecule has 144 valence electrons. The van der Waals surface area contributed by atoms with Crippen LogP contribution in [-0.2, 0) is 4.79 Å². The van der Waals surface area contributed by atoms with Gasteiger partial charge in [0.2, 0.25) is 0 Å². The van der Waals surface area contributed by atoms with E-state index in [1.165, 1.54) is 12.1 Å². The Kier molecular flexibility index (Phi) is 4.87. The summed E-state index contributed by atoms with van der Waals surface area (Å²) in [5.74, 6) is 0.341. The molecule has 1 atom stereocenters. The maximum absolute atomic E-state index is 14.0. The van der Waals surface area contributed by atoms with E-state index in [0.717, 1.165) is 5.56 Å². The highest BCUT2D eigenvalue weighted by Gasteiger charge is 2.31. The van der Waals surface area contributed by atoms with Gasteiger partial charge in [-0.05, 0) is 49.0 Å². The number of allylic oxidation sites excluding steroid dienone is 1. The van der Waals surface area contributed by atoms with Crippen molar-refractivity contribution in [3.8, 4) is 11.5 Å². The predicted octanol–water partition coefficient (Wildman–Crippen LogP) is 3.03. The summed E-state index contributed by atoms with van der Waals surface area (Å²) in [5, 5.41) is 9.11. The van der Waals surface area contributed by atoms with Crippen molar-refractivity contribution in [2.24, 2.45) is 0 Å². The number of ether oxygens (including phenoxy) is 2. The molecule has 2 aliphatic heterocycles. The molecule has 0 saturated heterocycles. The van der Waals surface area contributed by atoms with Crippen LogP contribution in [0.25, 0.3) is 0 Å². The highest BCUT2D eigenvalue weighted by molar-refractivity contribution is 7.80. The van der Waals surface area contributed by atoms with Gasteiger partial charge in [0, 0.05) is 5.70 Å². The van der Waals surface area contributed by atoms with Crippen molar-refractivity contribution in [2.75, 3.05) is 18.5 Å². The third kappa shape index (κ3) is 3.50. The molecule has 8 heteroatoms. The van der Waals surface area contributed by atoms with Gasteiger partial charge in [-0.15, -0.1) is 0 Å². The normalized spacial score (nSPS) is 18.2. The quantitative estimate of drug-likeness (QED) is 0.690. The number of benzene rings is 2. The van der Waals surface area contributed by atoms with E-state index in [1.54, 1.807) is 25.1 Å². The van der Waals surface area contributed by atoms with E-state index in [4.69, 9.17) is 21.7 Å². The van der Waals surface area contributed by atoms with Crippen LogP contribution < -0.4 is 25.4 Å². The molecule has 0 unspecified atom stereocenters. The Labute approximate surface area is 166 Å². The Bertz CT molecular complexity index is 992. The Hall–Kier alpha value is -3.13. The smallest absolute Gasteiger partial charge is 0.255 e. The lowest BCUT2D eigenvalue weighted by atomic mass is 9.94. The number of nitrogens with one attached hydrogen (secondary N) is 3. The molecule has 6 nitrogen and oxygen atoms in total. The molecule has 0 aliphatic carbocycles. The molecule has 28 heavy (non-hydrogen) atoms. The van der Waals surface area contributed by atoms with E-state index in [2.05, 4.69) is 16.0 Å². The average Bonchev–Trinajstić information content (AvgIpc) is 2.68. The number of anilines is 1. The highest BCUT2D eigenvalue weighted by Crippen LogP contribution is 2.36. The molecule has 4 rings (SSSR count). The van der Waals surface area contributed by atoms with Gasteiger partial charge in [-0.2, -0.15) is 0 Å². The van der Waals surface area contributed by atoms with Crippen molar-refractivity contribution >= 4 is 28.9 Å². The largest absolute Gasteiger partial charge is 0.486 e. The standard InChI is InChI=1S/C20H18FN3O3S/c1-11-17(19(25)23-14-5-3-2-4-13(14)21)18(24-20(28)22-11)12-6-7-15-16(10-12)27-9-8-26-15/h2-7,10,18H,8-9H2,1H3,(H,23,25)(H2,22,24,28)/t18-/m1/s1. The summed E-state index contributed by atoms with van der Waals surface area (Å²) in [5.41, 5.74) is 1.90. The van der Waals surface area contributed by atoms with Crippen LogP contribution in [0.15, 0.2) is 53.7 Å². The van der Waals surface area contributed by atoms with Gasteiger partial charge in [0.25, 0.3) is 5.91 Å². The third-order valence-corrected chi connectivity index (χ3v) is 4.76. The van der Waals surface area contributed by atoms with Crippen LogP contribution in [0.5, 0.6) is 11.5 Å². The van der Waals surface area contributed by atoms with E-state index in [-0.39, 0.29) is 5.69 Å². The van der Waals surface area contributed by atoms with Gasteiger partial charge in [0.05, 0.1) is 17.3 Å². The molecule has 2 aromatic rings. The first-order valence-corrected chi connectivity index (χ1v) is 9.17. The first-order chi connectivity index (χ1) is 13.5. The first kappa shape index (κ1) is 18.2. The summed E-state index contributed by atoms with van der Waals surface area (Å²) >= 11 is 5.27. The summed E-state index contributed by atoms with van der Waals surface area (Å²) in [6.07, 6.45) is 0. The van der Waals surface area contributed by atoms with Gasteiger partial charge in [-0.1, -0.05) is 18.2 Å². The molecule has 0 saturated carbocycles. The van der Waals surface area contributed by atoms with Crippen LogP contribution >= 0.6 is 12.2 Å². The average molecular weight is 399 g/mol. The molecule has 1 amide bonds. The van der Waals surface area contributed by atoms with Gasteiger partial charge in [-0.25, -0.2) is 4.39 Å². The van der Waals surface area contributed by atoms with E-state index in [9.17, 15) is 9.18 Å². The van der Waals surface area contributed by atoms with Crippen molar-refractivity contribution in [3.63, 3.8) is 0 Å². The second-order valence-electron chi connectivity index (χ2n) is 6.41. The number of carbonyl (C=O) groups excluding carboxylic acids is 1. The lowest BCUT2D eigenvalue weighted by molar-refractivity contribution is -0.113. The van der Waals surface area contributed by atoms with Crippen LogP contribution in [0.4, 0.5) is 10.1 Å². The number of carbonyl (C=O) groups is 1. The van der Waals surface area contributed by atoms with Gasteiger partial charge in [0.1, 0.15) is 19.0 Å². The summed E-state index contributed by atoms with van der Waals surface area (Å²) < 4.78 is 25.2. The van der Waals surface area contributed by atoms with Crippen molar-refractivity contribution in [3.05, 3.63) is 65.1 Å². The molecule has 2 aromatic carbocycles. The fourth-order valence-corrected chi connectivity index (χ4v) is 3.51. The topological polar surface area (TPSA) is 71.6 Å². The van der Waals surface area contributed by atoms with Crippen molar-refractivity contribution in [1.29, 1.82) is 0 Å². The maximum Gasteiger partial charge on any atom is 0.255 e. The summed E-state index contributed by atoms with van der Waals surface area (Å²) in [6.45, 7) is 2.72. The molecule has 0 fully saturated rings. The zero-order chi connectivity index (χ0) is 19.7. The second kappa shape index (κ2) is 7.47. The highest BCUT2D eigenvalue weighted by atomic mass is 32.1. The molecule has 3 N–H and O–H groups in total. The number of hydrogen-bond donors (Lipinski definition) is 3. The lowest BCUT2D eigenvalue weighted by Crippen LogP contribution is -2.45. The fourth-order valence-electron chi connectivity index (χ4n) is 3.24. The van der Waals surface area contributed by atoms with Gasteiger partial charge >= 0.3 is 0 Å². The summed E-state index contributed by atoms with van der Waals surface area (Å²) in [7, 11) is 0. The van der Waals surface area contributed by atoms with Gasteiger partial charge in [-0.3, -0.25) is 4.79 Å². The fraction of sp³-hybridized carbons (Fsp3) is 0.200. The lowest BCUT2D eigenvalue weighted by Gasteiger charge is -2.31. The van der Waals surface area contributed by atoms with Crippen molar-refractivity contribution in [2.45, 2.75) is 13.0 Å². The molecular weight excluding hydrogens is 381 g/mol. The number of para-hydroxylation sites is 1. The molecular formula is C20H18FN3O3S. The minimum atomic E-state index is -0.517. The molecule has 0 aromatic heterocycles. The molecule has 0 spiro atoms. The van der Waals surface area contributed by atoms with E-state index in [1.807, 2.05) is 12.1 Å². The monoisotopic (exact) mass is 399 g/mol. The number of rotatable bonds is 3. The van der Waals surface area contributed by atoms with E-state index in [0.29, 0.717) is 41.1 Å². The van der Waals surface area contributed by atoms with E-state index < -0.39 is 17.8 Å². The number of amides is 1. The van der Waals surface area contributed by atoms with Crippen LogP contribution in [-0.4, -0.2) is 24.2 Å². The number of halogens is 1. The van der Waals surface area contributed by atoms with Crippen LogP contribution in [0.1, 0.15) is 18.5 Å². The molecule has 0 radical (unpaired) electrons. The van der Waals surface area contributed by atoms with Crippen LogP contribution in [0, 0.1) is 5.82 Å². The molecule has 2 heterocycles. The second-order valence-corrected chi connectivity index (χ2v) is 6.82. The van der Waals surface area contributed by atoms with Gasteiger partial charge in [0.15, 0.2) is 16.6 Å². The Morgan fingerprint density at radius 3 is 2.71 bits per heavy atom. The molecule has 0 bridgehead atoms. The first-order valence-electron chi connectivity index (χ1n) is 8.76. The number of hydrogen-bond acceptors (Lipinski definition) is 4. The van der Waals surface area contributed by atoms with Crippen molar-refractivity contribution < 1.29 is 18.7 Å². The zero-order valence-electron chi connectivity index (χ0n) is 15.0. The summed E-state index contributed by atoms with van der Waals surface area (Å²) in [4.78, 5) is 13.0. The van der Waals surface area contributed by atoms with Crippen LogP contribution in [0.2, 0.25) is 0 Å². The van der Waals surface area contributed by atoms with E-state index >= 15 is 0 Å². The SMILES string of the molecule is CC1=C(C(=O)Nc2ccccc2F)[C@@H](c2ccc3c(c2)OCCO3)NC(=S)N1. The minimum absolute atomic E-state index is 0.113. The van der Waals surface area contributed by atoms with Gasteiger partial charge < -0.3 is 25.4 Å². The number of fused-ring (bicyclic) bond motifs is 1. The zero-order valence-corrected chi connectivity index (χ0v) is 15.9. The minimum Gasteiger partial charge on any atom is -0.486 e. The summed E-state index contributed by atoms with van der Waals surface area (Å²) in [6, 6.07) is 11.0. The Morgan fingerprint density at radius 2 is 1.93 bits per heavy atom. The van der Waals surface area contributed by atoms with Crippen LogP contribution in [0.3, 0.4) is 0 Å². The third-order valence-electron chi connectivity index (χ3n) is 4.54. The Morgan fingerprint density at radius 1 is 1.18 bits per heavy atom. The Balaban J connectivity index is 1.69. The molecule has 2 aliphatic rings. The number of thiocarbonyl (C=S) groups is 1. The predicted molar refractivity (Wildman–Crippen MR) is 107 cm³/mol. The maximum atomic E-state index is 14.0.